The monoisotopic (exact) mass is 382 g/mol. The zero-order valence-corrected chi connectivity index (χ0v) is 16.7. The van der Waals surface area contributed by atoms with Crippen LogP contribution in [0.5, 0.6) is 0 Å². The number of anilines is 1. The molecular weight excluding hydrogens is 355 g/mol. The van der Waals surface area contributed by atoms with Crippen LogP contribution in [0.25, 0.3) is 0 Å². The van der Waals surface area contributed by atoms with Gasteiger partial charge in [-0.25, -0.2) is 4.39 Å². The topological polar surface area (TPSA) is 49.3 Å². The van der Waals surface area contributed by atoms with E-state index in [1.54, 1.807) is 6.07 Å². The first kappa shape index (κ1) is 18.8. The second-order valence-electron chi connectivity index (χ2n) is 8.24. The summed E-state index contributed by atoms with van der Waals surface area (Å²) < 4.78 is 14.3. The van der Waals surface area contributed by atoms with E-state index in [4.69, 9.17) is 0 Å². The molecule has 2 heterocycles. The van der Waals surface area contributed by atoms with Crippen LogP contribution in [0, 0.1) is 12.7 Å². The molecule has 2 aromatic rings. The fourth-order valence-electron chi connectivity index (χ4n) is 4.23. The fourth-order valence-corrected chi connectivity index (χ4v) is 4.23. The molecule has 2 atom stereocenters. The van der Waals surface area contributed by atoms with Gasteiger partial charge in [0.1, 0.15) is 5.82 Å². The van der Waals surface area contributed by atoms with Gasteiger partial charge in [-0.1, -0.05) is 12.1 Å². The third-order valence-corrected chi connectivity index (χ3v) is 5.75. The Labute approximate surface area is 165 Å². The number of aryl methyl sites for hydroxylation is 1. The van der Waals surface area contributed by atoms with Gasteiger partial charge in [-0.2, -0.15) is 5.10 Å². The van der Waals surface area contributed by atoms with Gasteiger partial charge in [0.25, 0.3) is 0 Å². The average Bonchev–Trinajstić information content (AvgIpc) is 3.46. The Bertz CT molecular complexity index is 853. The fraction of sp³-hybridized carbons (Fsp3) is 0.500. The summed E-state index contributed by atoms with van der Waals surface area (Å²) in [5, 5.41) is 8.42. The minimum atomic E-state index is -0.170. The predicted molar refractivity (Wildman–Crippen MR) is 107 cm³/mol. The van der Waals surface area contributed by atoms with Crippen molar-refractivity contribution in [2.45, 2.75) is 58.0 Å². The minimum Gasteiger partial charge on any atom is -0.351 e. The molecule has 6 heteroatoms. The van der Waals surface area contributed by atoms with Crippen molar-refractivity contribution in [2.75, 3.05) is 18.0 Å². The number of carbonyl (C=O) groups is 1. The summed E-state index contributed by atoms with van der Waals surface area (Å²) in [7, 11) is 0. The van der Waals surface area contributed by atoms with E-state index in [0.717, 1.165) is 35.5 Å². The number of benzene rings is 1. The van der Waals surface area contributed by atoms with E-state index in [9.17, 15) is 9.18 Å². The lowest BCUT2D eigenvalue weighted by atomic mass is 10.0. The summed E-state index contributed by atoms with van der Waals surface area (Å²) in [5.41, 5.74) is 2.43. The zero-order valence-electron chi connectivity index (χ0n) is 16.7. The molecule has 5 nitrogen and oxygen atoms in total. The Morgan fingerprint density at radius 1 is 1.11 bits per heavy atom. The molecule has 1 aromatic heterocycles. The number of amides is 1. The Morgan fingerprint density at radius 3 is 2.39 bits per heavy atom. The number of nitrogens with zero attached hydrogens (tertiary/aromatic N) is 4. The first-order valence-electron chi connectivity index (χ1n) is 10.1. The molecule has 2 aliphatic rings. The molecule has 0 bridgehead atoms. The van der Waals surface area contributed by atoms with Crippen LogP contribution in [0.1, 0.15) is 49.4 Å². The van der Waals surface area contributed by atoms with E-state index in [0.29, 0.717) is 19.0 Å². The number of hydrogen-bond acceptors (Lipinski definition) is 4. The largest absolute Gasteiger partial charge is 0.351 e. The summed E-state index contributed by atoms with van der Waals surface area (Å²) >= 11 is 0. The van der Waals surface area contributed by atoms with Gasteiger partial charge in [0.15, 0.2) is 5.82 Å². The molecule has 1 aromatic carbocycles. The molecule has 28 heavy (non-hydrogen) atoms. The molecule has 1 saturated heterocycles. The normalized spacial score (nSPS) is 22.4. The maximum Gasteiger partial charge on any atom is 0.227 e. The molecule has 0 N–H and O–H groups in total. The molecule has 1 aliphatic heterocycles. The minimum absolute atomic E-state index is 0.0493. The molecule has 0 radical (unpaired) electrons. The van der Waals surface area contributed by atoms with E-state index < -0.39 is 0 Å². The summed E-state index contributed by atoms with van der Waals surface area (Å²) in [6, 6.07) is 9.33. The van der Waals surface area contributed by atoms with Crippen molar-refractivity contribution in [1.82, 2.24) is 15.1 Å². The van der Waals surface area contributed by atoms with E-state index in [1.807, 2.05) is 36.1 Å². The average molecular weight is 382 g/mol. The summed E-state index contributed by atoms with van der Waals surface area (Å²) in [4.78, 5) is 17.1. The number of halogens is 1. The lowest BCUT2D eigenvalue weighted by molar-refractivity contribution is -0.135. The molecule has 148 valence electrons. The van der Waals surface area contributed by atoms with E-state index in [2.05, 4.69) is 28.9 Å². The maximum absolute atomic E-state index is 14.3. The van der Waals surface area contributed by atoms with Crippen LogP contribution >= 0.6 is 0 Å². The van der Waals surface area contributed by atoms with E-state index >= 15 is 0 Å². The quantitative estimate of drug-likeness (QED) is 0.812. The lowest BCUT2D eigenvalue weighted by Crippen LogP contribution is -2.59. The molecule has 1 amide bonds. The summed E-state index contributed by atoms with van der Waals surface area (Å²) in [6.45, 7) is 7.45. The third kappa shape index (κ3) is 3.86. The van der Waals surface area contributed by atoms with Crippen LogP contribution in [0.15, 0.2) is 30.3 Å². The SMILES string of the molecule is Cc1ccc(N2C[C@@H](C)N(C(=O)Cc3ccc(C4CC4)c(F)c3)[C@@H](C)C2)nn1. The van der Waals surface area contributed by atoms with Crippen molar-refractivity contribution in [3.05, 3.63) is 53.0 Å². The van der Waals surface area contributed by atoms with Crippen molar-refractivity contribution in [1.29, 1.82) is 0 Å². The third-order valence-electron chi connectivity index (χ3n) is 5.75. The first-order valence-corrected chi connectivity index (χ1v) is 10.1. The highest BCUT2D eigenvalue weighted by atomic mass is 19.1. The highest BCUT2D eigenvalue weighted by molar-refractivity contribution is 5.80. The molecule has 0 spiro atoms. The Hall–Kier alpha value is -2.50. The molecule has 0 unspecified atom stereocenters. The standard InChI is InChI=1S/C22H27FN4O/c1-14-4-9-21(25-24-14)26-12-15(2)27(16(3)13-26)22(28)11-17-5-8-19(18-6-7-18)20(23)10-17/h4-5,8-10,15-16,18H,6-7,11-13H2,1-3H3/t15-,16+. The molecule has 4 rings (SSSR count). The Morgan fingerprint density at radius 2 is 1.82 bits per heavy atom. The van der Waals surface area contributed by atoms with Gasteiger partial charge in [-0.3, -0.25) is 4.79 Å². The summed E-state index contributed by atoms with van der Waals surface area (Å²) in [5.74, 6) is 1.10. The van der Waals surface area contributed by atoms with Gasteiger partial charge in [0, 0.05) is 25.2 Å². The van der Waals surface area contributed by atoms with Crippen LogP contribution in [-0.4, -0.2) is 46.2 Å². The Balaban J connectivity index is 1.43. The highest BCUT2D eigenvalue weighted by Crippen LogP contribution is 2.41. The number of aromatic nitrogens is 2. The smallest absolute Gasteiger partial charge is 0.227 e. The van der Waals surface area contributed by atoms with Crippen molar-refractivity contribution >= 4 is 11.7 Å². The molecule has 1 aliphatic carbocycles. The van der Waals surface area contributed by atoms with Crippen molar-refractivity contribution < 1.29 is 9.18 Å². The number of hydrogen-bond donors (Lipinski definition) is 0. The highest BCUT2D eigenvalue weighted by Gasteiger charge is 2.33. The van der Waals surface area contributed by atoms with Crippen molar-refractivity contribution in [2.24, 2.45) is 0 Å². The predicted octanol–water partition coefficient (Wildman–Crippen LogP) is 3.47. The zero-order chi connectivity index (χ0) is 19.8. The van der Waals surface area contributed by atoms with E-state index in [-0.39, 0.29) is 30.2 Å². The molecule has 2 fully saturated rings. The second kappa shape index (κ2) is 7.49. The van der Waals surface area contributed by atoms with E-state index in [1.165, 1.54) is 0 Å². The Kier molecular flexibility index (Phi) is 5.04. The maximum atomic E-state index is 14.3. The van der Waals surface area contributed by atoms with Crippen molar-refractivity contribution in [3.8, 4) is 0 Å². The molecular formula is C22H27FN4O. The van der Waals surface area contributed by atoms with Gasteiger partial charge < -0.3 is 9.80 Å². The van der Waals surface area contributed by atoms with Crippen molar-refractivity contribution in [3.63, 3.8) is 0 Å². The second-order valence-corrected chi connectivity index (χ2v) is 8.24. The number of rotatable bonds is 4. The van der Waals surface area contributed by atoms with Crippen LogP contribution in [0.4, 0.5) is 10.2 Å². The number of piperazine rings is 1. The van der Waals surface area contributed by atoms with Gasteiger partial charge in [0.2, 0.25) is 5.91 Å². The van der Waals surface area contributed by atoms with Gasteiger partial charge in [0.05, 0.1) is 12.1 Å². The van der Waals surface area contributed by atoms with Gasteiger partial charge >= 0.3 is 0 Å². The lowest BCUT2D eigenvalue weighted by Gasteiger charge is -2.45. The summed E-state index contributed by atoms with van der Waals surface area (Å²) in [6.07, 6.45) is 2.38. The van der Waals surface area contributed by atoms with Crippen LogP contribution < -0.4 is 4.90 Å². The van der Waals surface area contributed by atoms with Crippen LogP contribution in [0.2, 0.25) is 0 Å². The number of carbonyl (C=O) groups excluding carboxylic acids is 1. The van der Waals surface area contributed by atoms with Crippen LogP contribution in [-0.2, 0) is 11.2 Å². The van der Waals surface area contributed by atoms with Crippen LogP contribution in [0.3, 0.4) is 0 Å². The first-order chi connectivity index (χ1) is 13.4. The van der Waals surface area contributed by atoms with Gasteiger partial charge in [-0.05, 0) is 68.9 Å². The van der Waals surface area contributed by atoms with Gasteiger partial charge in [-0.15, -0.1) is 5.10 Å². The molecule has 1 saturated carbocycles.